The number of benzene rings is 1. The molecule has 0 fully saturated rings. The first kappa shape index (κ1) is 20.5. The second-order valence-corrected chi connectivity index (χ2v) is 6.25. The van der Waals surface area contributed by atoms with Crippen LogP contribution in [0, 0.1) is 0 Å². The molecule has 0 atom stereocenters. The zero-order chi connectivity index (χ0) is 17.9. The van der Waals surface area contributed by atoms with Gasteiger partial charge in [0.25, 0.3) is 0 Å². The number of aliphatic carboxylic acids is 1. The van der Waals surface area contributed by atoms with Crippen molar-refractivity contribution in [1.82, 2.24) is 0 Å². The van der Waals surface area contributed by atoms with Crippen LogP contribution in [0.4, 0.5) is 0 Å². The lowest BCUT2D eigenvalue weighted by atomic mass is 10.0. The molecule has 1 aromatic carbocycles. The Balaban J connectivity index is 3.02. The maximum atomic E-state index is 11.9. The molecule has 0 saturated heterocycles. The SMILES string of the molecule is CCCc1c(OCCCC(=O)O)ccc(C(C)=O)c1OCCCBr. The predicted molar refractivity (Wildman–Crippen MR) is 96.7 cm³/mol. The van der Waals surface area contributed by atoms with Crippen molar-refractivity contribution in [3.05, 3.63) is 23.3 Å². The molecule has 134 valence electrons. The van der Waals surface area contributed by atoms with Crippen molar-refractivity contribution >= 4 is 27.7 Å². The molecule has 0 amide bonds. The van der Waals surface area contributed by atoms with Gasteiger partial charge in [-0.25, -0.2) is 0 Å². The highest BCUT2D eigenvalue weighted by atomic mass is 79.9. The number of ketones is 1. The number of halogens is 1. The molecule has 0 aliphatic heterocycles. The van der Waals surface area contributed by atoms with Gasteiger partial charge in [-0.05, 0) is 38.3 Å². The summed E-state index contributed by atoms with van der Waals surface area (Å²) >= 11 is 3.37. The zero-order valence-electron chi connectivity index (χ0n) is 14.3. The van der Waals surface area contributed by atoms with Gasteiger partial charge < -0.3 is 14.6 Å². The van der Waals surface area contributed by atoms with Crippen molar-refractivity contribution in [2.75, 3.05) is 18.5 Å². The van der Waals surface area contributed by atoms with E-state index in [4.69, 9.17) is 14.6 Å². The lowest BCUT2D eigenvalue weighted by molar-refractivity contribution is -0.137. The van der Waals surface area contributed by atoms with Crippen molar-refractivity contribution in [3.63, 3.8) is 0 Å². The predicted octanol–water partition coefficient (Wildman–Crippen LogP) is 4.25. The monoisotopic (exact) mass is 400 g/mol. The molecule has 6 heteroatoms. The molecule has 0 spiro atoms. The molecular formula is C18H25BrO5. The van der Waals surface area contributed by atoms with Gasteiger partial charge in [0.05, 0.1) is 18.8 Å². The fourth-order valence-corrected chi connectivity index (χ4v) is 2.54. The van der Waals surface area contributed by atoms with Crippen LogP contribution >= 0.6 is 15.9 Å². The fraction of sp³-hybridized carbons (Fsp3) is 0.556. The Morgan fingerprint density at radius 2 is 1.88 bits per heavy atom. The quantitative estimate of drug-likeness (QED) is 0.322. The van der Waals surface area contributed by atoms with Gasteiger partial charge in [0.2, 0.25) is 0 Å². The second-order valence-electron chi connectivity index (χ2n) is 5.46. The van der Waals surface area contributed by atoms with Crippen molar-refractivity contribution in [3.8, 4) is 11.5 Å². The summed E-state index contributed by atoms with van der Waals surface area (Å²) in [7, 11) is 0. The van der Waals surface area contributed by atoms with Crippen LogP contribution in [0.3, 0.4) is 0 Å². The van der Waals surface area contributed by atoms with E-state index in [0.29, 0.717) is 36.7 Å². The summed E-state index contributed by atoms with van der Waals surface area (Å²) in [6, 6.07) is 3.50. The highest BCUT2D eigenvalue weighted by Gasteiger charge is 2.18. The maximum absolute atomic E-state index is 11.9. The minimum Gasteiger partial charge on any atom is -0.493 e. The van der Waals surface area contributed by atoms with Crippen LogP contribution in [0.5, 0.6) is 11.5 Å². The highest BCUT2D eigenvalue weighted by Crippen LogP contribution is 2.34. The molecule has 0 bridgehead atoms. The number of hydrogen-bond donors (Lipinski definition) is 1. The molecule has 0 heterocycles. The minimum absolute atomic E-state index is 0.0429. The normalized spacial score (nSPS) is 10.5. The molecule has 5 nitrogen and oxygen atoms in total. The molecule has 0 aliphatic carbocycles. The Morgan fingerprint density at radius 1 is 1.17 bits per heavy atom. The van der Waals surface area contributed by atoms with Crippen molar-refractivity contribution < 1.29 is 24.2 Å². The summed E-state index contributed by atoms with van der Waals surface area (Å²) in [5.74, 6) is 0.388. The van der Waals surface area contributed by atoms with Crippen LogP contribution in [0.2, 0.25) is 0 Å². The lowest BCUT2D eigenvalue weighted by Gasteiger charge is -2.18. The van der Waals surface area contributed by atoms with Crippen LogP contribution in [0.1, 0.15) is 55.5 Å². The molecule has 0 unspecified atom stereocenters. The summed E-state index contributed by atoms with van der Waals surface area (Å²) in [6.07, 6.45) is 2.98. The van der Waals surface area contributed by atoms with Crippen LogP contribution < -0.4 is 9.47 Å². The first-order valence-corrected chi connectivity index (χ1v) is 9.33. The number of rotatable bonds is 12. The van der Waals surface area contributed by atoms with E-state index in [1.807, 2.05) is 0 Å². The Bertz CT molecular complexity index is 557. The number of carbonyl (C=O) groups excluding carboxylic acids is 1. The number of Topliss-reactive ketones (excluding diaryl/α,β-unsaturated/α-hetero) is 1. The third kappa shape index (κ3) is 6.51. The van der Waals surface area contributed by atoms with Gasteiger partial charge in [0, 0.05) is 17.3 Å². The molecular weight excluding hydrogens is 376 g/mol. The van der Waals surface area contributed by atoms with E-state index in [1.54, 1.807) is 12.1 Å². The van der Waals surface area contributed by atoms with E-state index < -0.39 is 5.97 Å². The number of carboxylic acids is 1. The van der Waals surface area contributed by atoms with E-state index >= 15 is 0 Å². The van der Waals surface area contributed by atoms with Gasteiger partial charge in [-0.2, -0.15) is 0 Å². The lowest BCUT2D eigenvalue weighted by Crippen LogP contribution is -2.09. The molecule has 0 saturated carbocycles. The number of ether oxygens (including phenoxy) is 2. The largest absolute Gasteiger partial charge is 0.493 e. The Labute approximate surface area is 151 Å². The summed E-state index contributed by atoms with van der Waals surface area (Å²) in [5, 5.41) is 9.52. The van der Waals surface area contributed by atoms with Crippen LogP contribution in [0.25, 0.3) is 0 Å². The summed E-state index contributed by atoms with van der Waals surface area (Å²) in [4.78, 5) is 22.5. The summed E-state index contributed by atoms with van der Waals surface area (Å²) in [6.45, 7) is 4.42. The average Bonchev–Trinajstić information content (AvgIpc) is 2.53. The Kier molecular flexibility index (Phi) is 9.45. The Hall–Kier alpha value is -1.56. The van der Waals surface area contributed by atoms with Crippen LogP contribution in [-0.2, 0) is 11.2 Å². The molecule has 0 aromatic heterocycles. The smallest absolute Gasteiger partial charge is 0.303 e. The number of carboxylic acid groups (broad SMARTS) is 1. The fourth-order valence-electron chi connectivity index (χ4n) is 2.31. The van der Waals surface area contributed by atoms with Crippen molar-refractivity contribution in [2.24, 2.45) is 0 Å². The van der Waals surface area contributed by atoms with E-state index in [2.05, 4.69) is 22.9 Å². The topological polar surface area (TPSA) is 72.8 Å². The number of carbonyl (C=O) groups is 2. The maximum Gasteiger partial charge on any atom is 0.303 e. The molecule has 24 heavy (non-hydrogen) atoms. The van der Waals surface area contributed by atoms with Crippen molar-refractivity contribution in [2.45, 2.75) is 46.0 Å². The van der Waals surface area contributed by atoms with E-state index in [9.17, 15) is 9.59 Å². The first-order valence-electron chi connectivity index (χ1n) is 8.21. The van der Waals surface area contributed by atoms with Gasteiger partial charge in [0.1, 0.15) is 11.5 Å². The second kappa shape index (κ2) is 11.1. The summed E-state index contributed by atoms with van der Waals surface area (Å²) < 4.78 is 11.6. The van der Waals surface area contributed by atoms with Crippen molar-refractivity contribution in [1.29, 1.82) is 0 Å². The van der Waals surface area contributed by atoms with Crippen LogP contribution in [0.15, 0.2) is 12.1 Å². The van der Waals surface area contributed by atoms with E-state index in [-0.39, 0.29) is 12.2 Å². The number of alkyl halides is 1. The molecule has 1 rings (SSSR count). The summed E-state index contributed by atoms with van der Waals surface area (Å²) in [5.41, 5.74) is 1.45. The van der Waals surface area contributed by atoms with E-state index in [0.717, 1.165) is 30.2 Å². The third-order valence-electron chi connectivity index (χ3n) is 3.41. The Morgan fingerprint density at radius 3 is 2.46 bits per heavy atom. The zero-order valence-corrected chi connectivity index (χ0v) is 15.9. The average molecular weight is 401 g/mol. The van der Waals surface area contributed by atoms with Gasteiger partial charge in [0.15, 0.2) is 5.78 Å². The standard InChI is InChI=1S/C18H25BrO5/c1-3-6-15-16(23-11-4-7-17(21)22)9-8-14(13(2)20)18(15)24-12-5-10-19/h8-9H,3-7,10-12H2,1-2H3,(H,21,22). The van der Waals surface area contributed by atoms with Gasteiger partial charge in [-0.1, -0.05) is 29.3 Å². The number of hydrogen-bond acceptors (Lipinski definition) is 4. The van der Waals surface area contributed by atoms with E-state index in [1.165, 1.54) is 6.92 Å². The minimum atomic E-state index is -0.835. The molecule has 0 aliphatic rings. The van der Waals surface area contributed by atoms with Gasteiger partial charge in [-0.3, -0.25) is 9.59 Å². The highest BCUT2D eigenvalue weighted by molar-refractivity contribution is 9.09. The molecule has 0 radical (unpaired) electrons. The first-order chi connectivity index (χ1) is 11.5. The van der Waals surface area contributed by atoms with Gasteiger partial charge >= 0.3 is 5.97 Å². The molecule has 1 N–H and O–H groups in total. The van der Waals surface area contributed by atoms with Crippen LogP contribution in [-0.4, -0.2) is 35.4 Å². The molecule has 1 aromatic rings. The van der Waals surface area contributed by atoms with Gasteiger partial charge in [-0.15, -0.1) is 0 Å². The third-order valence-corrected chi connectivity index (χ3v) is 3.97.